The number of nitrogens with zero attached hydrogens (tertiary/aromatic N) is 4. The topological polar surface area (TPSA) is 43.1 Å². The molecule has 140 valence electrons. The van der Waals surface area contributed by atoms with Gasteiger partial charge in [-0.15, -0.1) is 0 Å². The van der Waals surface area contributed by atoms with Crippen molar-refractivity contribution < 1.29 is 9.18 Å². The maximum absolute atomic E-state index is 13.3. The molecule has 1 amide bonds. The Labute approximate surface area is 158 Å². The molecule has 0 aliphatic heterocycles. The predicted molar refractivity (Wildman–Crippen MR) is 102 cm³/mol. The lowest BCUT2D eigenvalue weighted by atomic mass is 10.2. The molecule has 3 aromatic rings. The minimum atomic E-state index is -0.303. The molecule has 1 aromatic carbocycles. The summed E-state index contributed by atoms with van der Waals surface area (Å²) in [6, 6.07) is 9.94. The molecular formula is C21H23FN4O. The summed E-state index contributed by atoms with van der Waals surface area (Å²) in [5.74, 6) is 1.00. The molecule has 5 nitrogen and oxygen atoms in total. The van der Waals surface area contributed by atoms with Crippen LogP contribution in [-0.2, 0) is 0 Å². The van der Waals surface area contributed by atoms with E-state index >= 15 is 0 Å². The van der Waals surface area contributed by atoms with E-state index in [9.17, 15) is 9.18 Å². The summed E-state index contributed by atoms with van der Waals surface area (Å²) in [6.07, 6.45) is 8.72. The Kier molecular flexibility index (Phi) is 4.79. The number of benzene rings is 1. The second kappa shape index (κ2) is 7.39. The molecule has 4 rings (SSSR count). The van der Waals surface area contributed by atoms with Crippen molar-refractivity contribution in [3.8, 4) is 11.5 Å². The van der Waals surface area contributed by atoms with Crippen molar-refractivity contribution >= 4 is 5.91 Å². The fourth-order valence-electron chi connectivity index (χ4n) is 3.32. The van der Waals surface area contributed by atoms with Crippen molar-refractivity contribution in [3.05, 3.63) is 66.4 Å². The highest BCUT2D eigenvalue weighted by atomic mass is 19.1. The van der Waals surface area contributed by atoms with Gasteiger partial charge in [0.15, 0.2) is 5.82 Å². The summed E-state index contributed by atoms with van der Waals surface area (Å²) in [7, 11) is 0. The van der Waals surface area contributed by atoms with E-state index < -0.39 is 0 Å². The molecule has 0 N–H and O–H groups in total. The number of hydrogen-bond acceptors (Lipinski definition) is 2. The number of carbonyl (C=O) groups excluding carboxylic acids is 1. The maximum atomic E-state index is 13.3. The first-order valence-corrected chi connectivity index (χ1v) is 9.44. The number of halogens is 1. The number of aromatic nitrogens is 3. The molecule has 1 fully saturated rings. The van der Waals surface area contributed by atoms with Crippen LogP contribution in [0, 0.1) is 11.7 Å². The largest absolute Gasteiger partial charge is 0.338 e. The van der Waals surface area contributed by atoms with E-state index in [1.807, 2.05) is 34.0 Å². The van der Waals surface area contributed by atoms with Gasteiger partial charge in [0.05, 0.1) is 11.9 Å². The lowest BCUT2D eigenvalue weighted by molar-refractivity contribution is 0.0747. The SMILES string of the molecule is CCCN(CC1CC1)C(=O)c1cnn(-c2ccc(F)cc2)c1-n1cccc1. The molecule has 0 saturated heterocycles. The van der Waals surface area contributed by atoms with Gasteiger partial charge in [0.1, 0.15) is 11.4 Å². The predicted octanol–water partition coefficient (Wildman–Crippen LogP) is 4.06. The first-order chi connectivity index (χ1) is 13.2. The summed E-state index contributed by atoms with van der Waals surface area (Å²) in [5, 5.41) is 4.46. The molecule has 0 atom stereocenters. The Bertz CT molecular complexity index is 910. The van der Waals surface area contributed by atoms with E-state index in [0.717, 1.165) is 19.5 Å². The molecule has 0 radical (unpaired) electrons. The van der Waals surface area contributed by atoms with Gasteiger partial charge in [-0.3, -0.25) is 4.79 Å². The third kappa shape index (κ3) is 3.65. The van der Waals surface area contributed by atoms with Crippen LogP contribution in [0.15, 0.2) is 55.0 Å². The van der Waals surface area contributed by atoms with E-state index in [4.69, 9.17) is 0 Å². The van der Waals surface area contributed by atoms with Crippen LogP contribution < -0.4 is 0 Å². The van der Waals surface area contributed by atoms with Crippen molar-refractivity contribution in [2.24, 2.45) is 5.92 Å². The van der Waals surface area contributed by atoms with E-state index in [1.165, 1.54) is 25.0 Å². The normalized spacial score (nSPS) is 13.7. The lowest BCUT2D eigenvalue weighted by Crippen LogP contribution is -2.34. The van der Waals surface area contributed by atoms with Crippen molar-refractivity contribution in [2.75, 3.05) is 13.1 Å². The molecule has 0 unspecified atom stereocenters. The minimum absolute atomic E-state index is 0.000752. The summed E-state index contributed by atoms with van der Waals surface area (Å²) in [5.41, 5.74) is 1.27. The van der Waals surface area contributed by atoms with Gasteiger partial charge in [-0.05, 0) is 61.6 Å². The van der Waals surface area contributed by atoms with Crippen LogP contribution in [0.5, 0.6) is 0 Å². The summed E-state index contributed by atoms with van der Waals surface area (Å²) in [4.78, 5) is 15.3. The fraction of sp³-hybridized carbons (Fsp3) is 0.333. The Morgan fingerprint density at radius 1 is 1.22 bits per heavy atom. The van der Waals surface area contributed by atoms with E-state index in [2.05, 4.69) is 12.0 Å². The van der Waals surface area contributed by atoms with Gasteiger partial charge in [-0.2, -0.15) is 5.10 Å². The molecule has 0 spiro atoms. The molecule has 6 heteroatoms. The van der Waals surface area contributed by atoms with Crippen LogP contribution in [0.25, 0.3) is 11.5 Å². The third-order valence-corrected chi connectivity index (χ3v) is 4.85. The summed E-state index contributed by atoms with van der Waals surface area (Å²) >= 11 is 0. The maximum Gasteiger partial charge on any atom is 0.259 e. The van der Waals surface area contributed by atoms with Crippen LogP contribution in [0.4, 0.5) is 4.39 Å². The number of rotatable bonds is 7. The molecule has 2 heterocycles. The second-order valence-corrected chi connectivity index (χ2v) is 7.05. The molecule has 1 aliphatic rings. The molecular weight excluding hydrogens is 343 g/mol. The number of hydrogen-bond donors (Lipinski definition) is 0. The van der Waals surface area contributed by atoms with Gasteiger partial charge in [-0.25, -0.2) is 9.07 Å². The van der Waals surface area contributed by atoms with Crippen molar-refractivity contribution in [1.82, 2.24) is 19.2 Å². The quantitative estimate of drug-likeness (QED) is 0.633. The average molecular weight is 366 g/mol. The van der Waals surface area contributed by atoms with Crippen molar-refractivity contribution in [2.45, 2.75) is 26.2 Å². The molecule has 0 bridgehead atoms. The van der Waals surface area contributed by atoms with Crippen LogP contribution in [-0.4, -0.2) is 38.2 Å². The van der Waals surface area contributed by atoms with E-state index in [1.54, 1.807) is 23.0 Å². The fourth-order valence-corrected chi connectivity index (χ4v) is 3.32. The smallest absolute Gasteiger partial charge is 0.259 e. The van der Waals surface area contributed by atoms with E-state index in [-0.39, 0.29) is 11.7 Å². The average Bonchev–Trinajstić information content (AvgIpc) is 3.16. The van der Waals surface area contributed by atoms with Gasteiger partial charge in [0.2, 0.25) is 0 Å². The van der Waals surface area contributed by atoms with E-state index in [0.29, 0.717) is 23.0 Å². The number of carbonyl (C=O) groups is 1. The Balaban J connectivity index is 1.76. The summed E-state index contributed by atoms with van der Waals surface area (Å²) < 4.78 is 16.9. The van der Waals surface area contributed by atoms with Gasteiger partial charge < -0.3 is 9.47 Å². The van der Waals surface area contributed by atoms with Crippen LogP contribution in [0.3, 0.4) is 0 Å². The first-order valence-electron chi connectivity index (χ1n) is 9.44. The Morgan fingerprint density at radius 2 is 1.93 bits per heavy atom. The third-order valence-electron chi connectivity index (χ3n) is 4.85. The zero-order chi connectivity index (χ0) is 18.8. The van der Waals surface area contributed by atoms with Crippen LogP contribution in [0.2, 0.25) is 0 Å². The van der Waals surface area contributed by atoms with Gasteiger partial charge >= 0.3 is 0 Å². The highest BCUT2D eigenvalue weighted by Crippen LogP contribution is 2.31. The van der Waals surface area contributed by atoms with Crippen molar-refractivity contribution in [3.63, 3.8) is 0 Å². The Morgan fingerprint density at radius 3 is 2.56 bits per heavy atom. The molecule has 1 aliphatic carbocycles. The molecule has 1 saturated carbocycles. The van der Waals surface area contributed by atoms with Gasteiger partial charge in [0, 0.05) is 25.5 Å². The molecule has 27 heavy (non-hydrogen) atoms. The van der Waals surface area contributed by atoms with Crippen molar-refractivity contribution in [1.29, 1.82) is 0 Å². The van der Waals surface area contributed by atoms with Gasteiger partial charge in [0.25, 0.3) is 5.91 Å². The minimum Gasteiger partial charge on any atom is -0.338 e. The zero-order valence-corrected chi connectivity index (χ0v) is 15.4. The number of amides is 1. The van der Waals surface area contributed by atoms with Crippen LogP contribution in [0.1, 0.15) is 36.5 Å². The van der Waals surface area contributed by atoms with Crippen LogP contribution >= 0.6 is 0 Å². The summed E-state index contributed by atoms with van der Waals surface area (Å²) in [6.45, 7) is 3.63. The monoisotopic (exact) mass is 366 g/mol. The standard InChI is InChI=1S/C21H23FN4O/c1-2-11-25(15-16-5-6-16)21(27)19-14-23-26(18-9-7-17(22)8-10-18)20(19)24-12-3-4-13-24/h3-4,7-10,12-14,16H,2,5-6,11,15H2,1H3. The molecule has 2 aromatic heterocycles. The second-order valence-electron chi connectivity index (χ2n) is 7.05. The highest BCUT2D eigenvalue weighted by Gasteiger charge is 2.29. The van der Waals surface area contributed by atoms with Gasteiger partial charge in [-0.1, -0.05) is 6.92 Å². The zero-order valence-electron chi connectivity index (χ0n) is 15.4. The highest BCUT2D eigenvalue weighted by molar-refractivity contribution is 5.97. The Hall–Kier alpha value is -2.89. The first kappa shape index (κ1) is 17.5. The lowest BCUT2D eigenvalue weighted by Gasteiger charge is -2.22.